The summed E-state index contributed by atoms with van der Waals surface area (Å²) in [6.07, 6.45) is 1.52. The first-order valence-corrected chi connectivity index (χ1v) is 8.02. The molecule has 0 radical (unpaired) electrons. The van der Waals surface area contributed by atoms with Crippen molar-refractivity contribution in [2.75, 3.05) is 26.7 Å². The molecule has 2 rings (SSSR count). The van der Waals surface area contributed by atoms with Gasteiger partial charge in [-0.05, 0) is 24.3 Å². The summed E-state index contributed by atoms with van der Waals surface area (Å²) in [7, 11) is 1.49. The lowest BCUT2D eigenvalue weighted by Crippen LogP contribution is -2.43. The van der Waals surface area contributed by atoms with E-state index in [9.17, 15) is 14.4 Å². The molecule has 1 aromatic heterocycles. The lowest BCUT2D eigenvalue weighted by molar-refractivity contribution is -0.135. The summed E-state index contributed by atoms with van der Waals surface area (Å²) in [6, 6.07) is 12.3. The number of amides is 3. The molecule has 0 saturated carbocycles. The van der Waals surface area contributed by atoms with Gasteiger partial charge in [-0.2, -0.15) is 0 Å². The number of ether oxygens (including phenoxy) is 1. The Kier molecular flexibility index (Phi) is 7.23. The quantitative estimate of drug-likeness (QED) is 0.681. The number of hydrogen-bond donors (Lipinski definition) is 2. The van der Waals surface area contributed by atoms with Crippen LogP contribution in [0.15, 0.2) is 53.1 Å². The monoisotopic (exact) mass is 359 g/mol. The molecule has 0 aliphatic carbocycles. The molecule has 0 saturated heterocycles. The predicted molar refractivity (Wildman–Crippen MR) is 93.1 cm³/mol. The molecule has 2 aromatic rings. The largest absolute Gasteiger partial charge is 0.484 e. The Balaban J connectivity index is 1.63. The molecule has 1 heterocycles. The summed E-state index contributed by atoms with van der Waals surface area (Å²) in [5, 5.41) is 5.10. The van der Waals surface area contributed by atoms with Gasteiger partial charge in [0.05, 0.1) is 25.9 Å². The van der Waals surface area contributed by atoms with Crippen molar-refractivity contribution in [3.63, 3.8) is 0 Å². The van der Waals surface area contributed by atoms with Crippen LogP contribution in [-0.2, 0) is 20.9 Å². The highest BCUT2D eigenvalue weighted by atomic mass is 16.5. The molecule has 138 valence electrons. The molecular formula is C18H21N3O5. The number of carbonyl (C=O) groups is 3. The van der Waals surface area contributed by atoms with E-state index in [-0.39, 0.29) is 38.1 Å². The van der Waals surface area contributed by atoms with Crippen molar-refractivity contribution in [2.45, 2.75) is 6.54 Å². The topological polar surface area (TPSA) is 101 Å². The fraction of sp³-hybridized carbons (Fsp3) is 0.278. The Bertz CT molecular complexity index is 716. The van der Waals surface area contributed by atoms with Gasteiger partial charge in [-0.25, -0.2) is 0 Å². The highest BCUT2D eigenvalue weighted by molar-refractivity contribution is 5.88. The summed E-state index contributed by atoms with van der Waals surface area (Å²) in [5.74, 6) is 0.0670. The van der Waals surface area contributed by atoms with E-state index in [2.05, 4.69) is 10.6 Å². The molecule has 0 bridgehead atoms. The van der Waals surface area contributed by atoms with Crippen LogP contribution < -0.4 is 15.4 Å². The third-order valence-corrected chi connectivity index (χ3v) is 3.40. The smallest absolute Gasteiger partial charge is 0.258 e. The van der Waals surface area contributed by atoms with Crippen LogP contribution >= 0.6 is 0 Å². The molecule has 0 unspecified atom stereocenters. The Morgan fingerprint density at radius 2 is 1.81 bits per heavy atom. The normalized spacial score (nSPS) is 10.0. The lowest BCUT2D eigenvalue weighted by Gasteiger charge is -2.17. The van der Waals surface area contributed by atoms with Gasteiger partial charge in [0, 0.05) is 7.05 Å². The van der Waals surface area contributed by atoms with E-state index >= 15 is 0 Å². The fourth-order valence-electron chi connectivity index (χ4n) is 1.98. The molecule has 0 aliphatic rings. The van der Waals surface area contributed by atoms with Gasteiger partial charge in [-0.1, -0.05) is 18.2 Å². The average molecular weight is 359 g/mol. The highest BCUT2D eigenvalue weighted by Gasteiger charge is 2.14. The number of nitrogens with zero attached hydrogens (tertiary/aromatic N) is 1. The molecule has 26 heavy (non-hydrogen) atoms. The van der Waals surface area contributed by atoms with Gasteiger partial charge >= 0.3 is 0 Å². The minimum absolute atomic E-state index is 0.115. The summed E-state index contributed by atoms with van der Waals surface area (Å²) in [4.78, 5) is 36.7. The van der Waals surface area contributed by atoms with E-state index in [4.69, 9.17) is 9.15 Å². The molecular weight excluding hydrogens is 338 g/mol. The lowest BCUT2D eigenvalue weighted by atomic mass is 10.3. The zero-order valence-electron chi connectivity index (χ0n) is 14.4. The molecule has 8 heteroatoms. The Hall–Kier alpha value is -3.29. The predicted octanol–water partition coefficient (Wildman–Crippen LogP) is 0.549. The van der Waals surface area contributed by atoms with E-state index in [1.165, 1.54) is 18.2 Å². The van der Waals surface area contributed by atoms with Crippen LogP contribution in [0, 0.1) is 0 Å². The van der Waals surface area contributed by atoms with Crippen molar-refractivity contribution in [1.29, 1.82) is 0 Å². The number of rotatable bonds is 9. The van der Waals surface area contributed by atoms with E-state index in [1.807, 2.05) is 6.07 Å². The van der Waals surface area contributed by atoms with Gasteiger partial charge < -0.3 is 24.7 Å². The third kappa shape index (κ3) is 6.68. The number of nitrogens with one attached hydrogen (secondary N) is 2. The van der Waals surface area contributed by atoms with Crippen LogP contribution in [0.2, 0.25) is 0 Å². The second-order valence-electron chi connectivity index (χ2n) is 5.48. The summed E-state index contributed by atoms with van der Waals surface area (Å²) >= 11 is 0. The van der Waals surface area contributed by atoms with E-state index in [0.29, 0.717) is 11.5 Å². The number of benzene rings is 1. The third-order valence-electron chi connectivity index (χ3n) is 3.40. The van der Waals surface area contributed by atoms with Crippen molar-refractivity contribution in [1.82, 2.24) is 15.5 Å². The van der Waals surface area contributed by atoms with Gasteiger partial charge in [0.25, 0.3) is 5.91 Å². The second kappa shape index (κ2) is 9.87. The summed E-state index contributed by atoms with van der Waals surface area (Å²) in [5.41, 5.74) is 0. The Morgan fingerprint density at radius 3 is 2.50 bits per heavy atom. The fourth-order valence-corrected chi connectivity index (χ4v) is 1.98. The zero-order valence-corrected chi connectivity index (χ0v) is 14.4. The first-order chi connectivity index (χ1) is 12.5. The van der Waals surface area contributed by atoms with Crippen molar-refractivity contribution in [3.05, 3.63) is 54.5 Å². The zero-order chi connectivity index (χ0) is 18.8. The standard InChI is InChI=1S/C18H21N3O5/c1-21(12-16(22)19-10-15-8-5-9-25-15)18(24)11-20-17(23)13-26-14-6-3-2-4-7-14/h2-9H,10-13H2,1H3,(H,19,22)(H,20,23). The first-order valence-electron chi connectivity index (χ1n) is 8.02. The van der Waals surface area contributed by atoms with Crippen molar-refractivity contribution >= 4 is 17.7 Å². The van der Waals surface area contributed by atoms with Crippen LogP contribution in [-0.4, -0.2) is 49.4 Å². The number of likely N-dealkylation sites (N-methyl/N-ethyl adjacent to an activating group) is 1. The van der Waals surface area contributed by atoms with Crippen LogP contribution in [0.5, 0.6) is 5.75 Å². The maximum absolute atomic E-state index is 12.0. The van der Waals surface area contributed by atoms with Crippen molar-refractivity contribution in [3.8, 4) is 5.75 Å². The van der Waals surface area contributed by atoms with Gasteiger partial charge in [-0.15, -0.1) is 0 Å². The maximum atomic E-state index is 12.0. The van der Waals surface area contributed by atoms with E-state index < -0.39 is 5.91 Å². The molecule has 0 atom stereocenters. The summed E-state index contributed by atoms with van der Waals surface area (Å²) < 4.78 is 10.4. The molecule has 0 spiro atoms. The number of hydrogen-bond acceptors (Lipinski definition) is 5. The van der Waals surface area contributed by atoms with Crippen LogP contribution in [0.1, 0.15) is 5.76 Å². The molecule has 8 nitrogen and oxygen atoms in total. The van der Waals surface area contributed by atoms with Crippen molar-refractivity contribution < 1.29 is 23.5 Å². The molecule has 0 fully saturated rings. The van der Waals surface area contributed by atoms with E-state index in [0.717, 1.165) is 0 Å². The Labute approximate surface area is 151 Å². The van der Waals surface area contributed by atoms with Gasteiger partial charge in [0.2, 0.25) is 11.8 Å². The van der Waals surface area contributed by atoms with Crippen molar-refractivity contribution in [2.24, 2.45) is 0 Å². The maximum Gasteiger partial charge on any atom is 0.258 e. The van der Waals surface area contributed by atoms with Crippen LogP contribution in [0.3, 0.4) is 0 Å². The SMILES string of the molecule is CN(CC(=O)NCc1ccco1)C(=O)CNC(=O)COc1ccccc1. The highest BCUT2D eigenvalue weighted by Crippen LogP contribution is 2.07. The van der Waals surface area contributed by atoms with E-state index in [1.54, 1.807) is 36.4 Å². The number of carbonyl (C=O) groups excluding carboxylic acids is 3. The summed E-state index contributed by atoms with van der Waals surface area (Å²) in [6.45, 7) is -0.263. The molecule has 0 aliphatic heterocycles. The minimum Gasteiger partial charge on any atom is -0.484 e. The molecule has 1 aromatic carbocycles. The van der Waals surface area contributed by atoms with Gasteiger partial charge in [0.15, 0.2) is 6.61 Å². The van der Waals surface area contributed by atoms with Gasteiger partial charge in [-0.3, -0.25) is 14.4 Å². The molecule has 2 N–H and O–H groups in total. The van der Waals surface area contributed by atoms with Crippen LogP contribution in [0.25, 0.3) is 0 Å². The number of furan rings is 1. The average Bonchev–Trinajstić information content (AvgIpc) is 3.17. The van der Waals surface area contributed by atoms with Gasteiger partial charge in [0.1, 0.15) is 11.5 Å². The Morgan fingerprint density at radius 1 is 1.04 bits per heavy atom. The minimum atomic E-state index is -0.419. The number of para-hydroxylation sites is 1. The first kappa shape index (κ1) is 19.0. The van der Waals surface area contributed by atoms with Crippen LogP contribution in [0.4, 0.5) is 0 Å². The molecule has 3 amide bonds. The second-order valence-corrected chi connectivity index (χ2v) is 5.48.